The first kappa shape index (κ1) is 27.4. The molecule has 7 nitrogen and oxygen atoms in total. The Labute approximate surface area is 176 Å². The molecular formula is C18H39IN4O3. The maximum atomic E-state index is 11.5. The van der Waals surface area contributed by atoms with Crippen LogP contribution in [0.25, 0.3) is 0 Å². The van der Waals surface area contributed by atoms with Crippen molar-refractivity contribution in [2.24, 2.45) is 4.99 Å². The first-order valence-electron chi connectivity index (χ1n) is 9.45. The normalized spacial score (nSPS) is 11.5. The second kappa shape index (κ2) is 17.6. The molecule has 0 atom stereocenters. The summed E-state index contributed by atoms with van der Waals surface area (Å²) in [5.74, 6) is 0.799. The molecule has 0 radical (unpaired) electrons. The van der Waals surface area contributed by atoms with Gasteiger partial charge in [-0.2, -0.15) is 0 Å². The van der Waals surface area contributed by atoms with Gasteiger partial charge in [-0.15, -0.1) is 24.0 Å². The molecular weight excluding hydrogens is 447 g/mol. The second-order valence-corrected chi connectivity index (χ2v) is 6.79. The predicted molar refractivity (Wildman–Crippen MR) is 119 cm³/mol. The molecule has 1 amide bonds. The minimum absolute atomic E-state index is 0. The smallest absolute Gasteiger partial charge is 0.407 e. The highest BCUT2D eigenvalue weighted by atomic mass is 127. The van der Waals surface area contributed by atoms with Crippen LogP contribution in [-0.2, 0) is 9.47 Å². The Kier molecular flexibility index (Phi) is 18.6. The van der Waals surface area contributed by atoms with Crippen molar-refractivity contribution in [3.8, 4) is 0 Å². The highest BCUT2D eigenvalue weighted by Crippen LogP contribution is 2.06. The summed E-state index contributed by atoms with van der Waals surface area (Å²) in [5, 5.41) is 9.23. The number of carbonyl (C=O) groups excluding carboxylic acids is 1. The zero-order valence-electron chi connectivity index (χ0n) is 17.2. The van der Waals surface area contributed by atoms with E-state index in [0.717, 1.165) is 57.9 Å². The summed E-state index contributed by atoms with van der Waals surface area (Å²) in [5.41, 5.74) is -0.468. The van der Waals surface area contributed by atoms with E-state index in [1.54, 1.807) is 0 Å². The molecule has 3 N–H and O–H groups in total. The number of hydrogen-bond acceptors (Lipinski definition) is 4. The van der Waals surface area contributed by atoms with E-state index < -0.39 is 5.60 Å². The fourth-order valence-electron chi connectivity index (χ4n) is 1.85. The average Bonchev–Trinajstić information content (AvgIpc) is 2.51. The van der Waals surface area contributed by atoms with Gasteiger partial charge >= 0.3 is 6.09 Å². The van der Waals surface area contributed by atoms with E-state index in [1.807, 2.05) is 27.7 Å². The second-order valence-electron chi connectivity index (χ2n) is 6.79. The minimum Gasteiger partial charge on any atom is -0.444 e. The number of alkyl carbamates (subject to hydrolysis) is 1. The summed E-state index contributed by atoms with van der Waals surface area (Å²) in [6.45, 7) is 14.2. The van der Waals surface area contributed by atoms with E-state index in [9.17, 15) is 4.79 Å². The molecule has 0 aliphatic carbocycles. The third-order valence-electron chi connectivity index (χ3n) is 3.02. The van der Waals surface area contributed by atoms with Crippen molar-refractivity contribution in [1.82, 2.24) is 16.0 Å². The van der Waals surface area contributed by atoms with Crippen LogP contribution in [0.15, 0.2) is 4.99 Å². The molecule has 0 aromatic carbocycles. The number of carbonyl (C=O) groups is 1. The molecule has 8 heteroatoms. The summed E-state index contributed by atoms with van der Waals surface area (Å²) in [4.78, 5) is 16.0. The van der Waals surface area contributed by atoms with Crippen molar-refractivity contribution in [3.05, 3.63) is 0 Å². The van der Waals surface area contributed by atoms with Gasteiger partial charge in [-0.1, -0.05) is 13.3 Å². The van der Waals surface area contributed by atoms with Crippen LogP contribution in [-0.4, -0.2) is 57.0 Å². The van der Waals surface area contributed by atoms with E-state index in [1.165, 1.54) is 0 Å². The zero-order chi connectivity index (χ0) is 19.0. The number of hydrogen-bond donors (Lipinski definition) is 3. The number of halogens is 1. The largest absolute Gasteiger partial charge is 0.444 e. The maximum Gasteiger partial charge on any atom is 0.407 e. The van der Waals surface area contributed by atoms with Crippen molar-refractivity contribution in [3.63, 3.8) is 0 Å². The molecule has 0 heterocycles. The predicted octanol–water partition coefficient (Wildman–Crippen LogP) is 3.28. The van der Waals surface area contributed by atoms with Gasteiger partial charge in [0, 0.05) is 39.4 Å². The van der Waals surface area contributed by atoms with Gasteiger partial charge in [0.25, 0.3) is 0 Å². The molecule has 0 aromatic heterocycles. The lowest BCUT2D eigenvalue weighted by Crippen LogP contribution is -2.38. The molecule has 0 fully saturated rings. The average molecular weight is 486 g/mol. The van der Waals surface area contributed by atoms with Crippen molar-refractivity contribution in [1.29, 1.82) is 0 Å². The number of ether oxygens (including phenoxy) is 2. The third-order valence-corrected chi connectivity index (χ3v) is 3.02. The SMILES string of the molecule is CCCCOCCCNC(=NCCCNC(=O)OC(C)(C)C)NCC.I. The summed E-state index contributed by atoms with van der Waals surface area (Å²) >= 11 is 0. The van der Waals surface area contributed by atoms with Crippen LogP contribution < -0.4 is 16.0 Å². The van der Waals surface area contributed by atoms with Crippen LogP contribution in [0.5, 0.6) is 0 Å². The Morgan fingerprint density at radius 3 is 2.23 bits per heavy atom. The van der Waals surface area contributed by atoms with Crippen LogP contribution in [0.4, 0.5) is 4.79 Å². The standard InChI is InChI=1S/C18H38N4O3.HI/c1-6-8-14-24-15-10-13-21-16(19-7-2)20-11-9-12-22-17(23)25-18(3,4)5;/h6-15H2,1-5H3,(H,22,23)(H2,19,20,21);1H. The summed E-state index contributed by atoms with van der Waals surface area (Å²) in [6, 6.07) is 0. The van der Waals surface area contributed by atoms with E-state index >= 15 is 0 Å². The van der Waals surface area contributed by atoms with Gasteiger partial charge in [-0.05, 0) is 47.0 Å². The molecule has 0 spiro atoms. The van der Waals surface area contributed by atoms with Gasteiger partial charge in [0.1, 0.15) is 5.60 Å². The number of nitrogens with one attached hydrogen (secondary N) is 3. The van der Waals surface area contributed by atoms with E-state index in [2.05, 4.69) is 27.9 Å². The van der Waals surface area contributed by atoms with Gasteiger partial charge in [-0.3, -0.25) is 4.99 Å². The van der Waals surface area contributed by atoms with E-state index in [4.69, 9.17) is 9.47 Å². The Bertz CT molecular complexity index is 374. The van der Waals surface area contributed by atoms with Crippen LogP contribution in [0.3, 0.4) is 0 Å². The van der Waals surface area contributed by atoms with Crippen LogP contribution >= 0.6 is 24.0 Å². The fraction of sp³-hybridized carbons (Fsp3) is 0.889. The molecule has 0 rings (SSSR count). The Balaban J connectivity index is 0. The van der Waals surface area contributed by atoms with Gasteiger partial charge in [-0.25, -0.2) is 4.79 Å². The number of amides is 1. The highest BCUT2D eigenvalue weighted by Gasteiger charge is 2.15. The van der Waals surface area contributed by atoms with Crippen LogP contribution in [0.2, 0.25) is 0 Å². The summed E-state index contributed by atoms with van der Waals surface area (Å²) in [6.07, 6.45) is 3.61. The molecule has 26 heavy (non-hydrogen) atoms. The number of nitrogens with zero attached hydrogens (tertiary/aromatic N) is 1. The molecule has 0 unspecified atom stereocenters. The first-order chi connectivity index (χ1) is 11.9. The molecule has 0 saturated carbocycles. The number of aliphatic imine (C=N–C) groups is 1. The lowest BCUT2D eigenvalue weighted by molar-refractivity contribution is 0.0527. The van der Waals surface area contributed by atoms with Gasteiger partial charge in [0.2, 0.25) is 0 Å². The quantitative estimate of drug-likeness (QED) is 0.171. The van der Waals surface area contributed by atoms with Crippen molar-refractivity contribution in [2.45, 2.75) is 65.9 Å². The lowest BCUT2D eigenvalue weighted by Gasteiger charge is -2.19. The summed E-state index contributed by atoms with van der Waals surface area (Å²) in [7, 11) is 0. The van der Waals surface area contributed by atoms with Gasteiger partial charge < -0.3 is 25.4 Å². The maximum absolute atomic E-state index is 11.5. The van der Waals surface area contributed by atoms with Crippen LogP contribution in [0, 0.1) is 0 Å². The monoisotopic (exact) mass is 486 g/mol. The van der Waals surface area contributed by atoms with Gasteiger partial charge in [0.15, 0.2) is 5.96 Å². The van der Waals surface area contributed by atoms with Crippen molar-refractivity contribution >= 4 is 36.0 Å². The molecule has 156 valence electrons. The summed E-state index contributed by atoms with van der Waals surface area (Å²) < 4.78 is 10.7. The Hall–Kier alpha value is -0.770. The van der Waals surface area contributed by atoms with Crippen LogP contribution in [0.1, 0.15) is 60.3 Å². The molecule has 0 bridgehead atoms. The van der Waals surface area contributed by atoms with E-state index in [-0.39, 0.29) is 30.1 Å². The Morgan fingerprint density at radius 1 is 0.962 bits per heavy atom. The minimum atomic E-state index is -0.468. The van der Waals surface area contributed by atoms with Crippen molar-refractivity contribution in [2.75, 3.05) is 39.4 Å². The molecule has 0 saturated heterocycles. The third kappa shape index (κ3) is 19.6. The number of guanidine groups is 1. The number of rotatable bonds is 12. The van der Waals surface area contributed by atoms with Crippen molar-refractivity contribution < 1.29 is 14.3 Å². The number of unbranched alkanes of at least 4 members (excludes halogenated alkanes) is 1. The zero-order valence-corrected chi connectivity index (χ0v) is 19.5. The topological polar surface area (TPSA) is 84.0 Å². The molecule has 0 aromatic rings. The first-order valence-corrected chi connectivity index (χ1v) is 9.45. The molecule has 0 aliphatic heterocycles. The van der Waals surface area contributed by atoms with E-state index in [0.29, 0.717) is 13.1 Å². The fourth-order valence-corrected chi connectivity index (χ4v) is 1.85. The highest BCUT2D eigenvalue weighted by molar-refractivity contribution is 14.0. The Morgan fingerprint density at radius 2 is 1.62 bits per heavy atom. The molecule has 0 aliphatic rings. The van der Waals surface area contributed by atoms with Gasteiger partial charge in [0.05, 0.1) is 0 Å². The lowest BCUT2D eigenvalue weighted by atomic mass is 10.2.